The molecule has 0 saturated carbocycles. The first-order valence-corrected chi connectivity index (χ1v) is 8.45. The van der Waals surface area contributed by atoms with Gasteiger partial charge in [-0.15, -0.1) is 0 Å². The van der Waals surface area contributed by atoms with Crippen molar-refractivity contribution in [2.45, 2.75) is 51.9 Å². The standard InChI is InChI=1S/C20H26O3/c1-12(2)18-13-5-8-16-19(3,14(13)6-7-15(18)22)10-9-17(23)20(16,4)11-21/h6-7,9-10,12,16,21-22H,5,8,11H2,1-4H3. The summed E-state index contributed by atoms with van der Waals surface area (Å²) in [5.41, 5.74) is 2.43. The lowest BCUT2D eigenvalue weighted by atomic mass is 9.51. The third-order valence-electron chi connectivity index (χ3n) is 6.14. The number of carbonyl (C=O) groups excluding carboxylic acids is 1. The first-order valence-electron chi connectivity index (χ1n) is 8.45. The minimum atomic E-state index is -0.725. The maximum atomic E-state index is 12.4. The van der Waals surface area contributed by atoms with E-state index in [2.05, 4.69) is 20.8 Å². The summed E-state index contributed by atoms with van der Waals surface area (Å²) in [5.74, 6) is 0.716. The van der Waals surface area contributed by atoms with Crippen molar-refractivity contribution in [2.24, 2.45) is 11.3 Å². The van der Waals surface area contributed by atoms with Crippen LogP contribution in [0.4, 0.5) is 0 Å². The van der Waals surface area contributed by atoms with E-state index in [4.69, 9.17) is 0 Å². The van der Waals surface area contributed by atoms with E-state index in [9.17, 15) is 15.0 Å². The van der Waals surface area contributed by atoms with E-state index < -0.39 is 5.41 Å². The van der Waals surface area contributed by atoms with E-state index in [1.165, 1.54) is 11.1 Å². The van der Waals surface area contributed by atoms with Crippen molar-refractivity contribution in [2.75, 3.05) is 6.61 Å². The van der Waals surface area contributed by atoms with Crippen LogP contribution in [0.25, 0.3) is 0 Å². The van der Waals surface area contributed by atoms with Gasteiger partial charge in [0.05, 0.1) is 12.0 Å². The number of aromatic hydroxyl groups is 1. The van der Waals surface area contributed by atoms with Gasteiger partial charge in [0, 0.05) is 5.41 Å². The van der Waals surface area contributed by atoms with Gasteiger partial charge in [-0.2, -0.15) is 0 Å². The fourth-order valence-electron chi connectivity index (χ4n) is 4.83. The van der Waals surface area contributed by atoms with Crippen LogP contribution < -0.4 is 0 Å². The SMILES string of the molecule is CC(C)c1c(O)ccc2c1CCC1C(C)(CO)C(=O)C=CC21C. The summed E-state index contributed by atoms with van der Waals surface area (Å²) in [4.78, 5) is 12.4. The number of aliphatic hydroxyl groups is 1. The summed E-state index contributed by atoms with van der Waals surface area (Å²) >= 11 is 0. The van der Waals surface area contributed by atoms with E-state index in [0.29, 0.717) is 5.75 Å². The zero-order valence-electron chi connectivity index (χ0n) is 14.4. The average Bonchev–Trinajstić information content (AvgIpc) is 2.50. The summed E-state index contributed by atoms with van der Waals surface area (Å²) in [6, 6.07) is 3.78. The molecule has 0 aromatic heterocycles. The second-order valence-corrected chi connectivity index (χ2v) is 7.83. The van der Waals surface area contributed by atoms with Crippen molar-refractivity contribution < 1.29 is 15.0 Å². The van der Waals surface area contributed by atoms with Gasteiger partial charge >= 0.3 is 0 Å². The number of rotatable bonds is 2. The first-order chi connectivity index (χ1) is 10.8. The number of phenolic OH excluding ortho intramolecular Hbond substituents is 1. The largest absolute Gasteiger partial charge is 0.508 e. The highest BCUT2D eigenvalue weighted by molar-refractivity contribution is 5.96. The van der Waals surface area contributed by atoms with Gasteiger partial charge in [-0.3, -0.25) is 4.79 Å². The molecular weight excluding hydrogens is 288 g/mol. The van der Waals surface area contributed by atoms with E-state index in [1.54, 1.807) is 12.1 Å². The Hall–Kier alpha value is -1.61. The minimum Gasteiger partial charge on any atom is -0.508 e. The molecule has 0 aliphatic heterocycles. The van der Waals surface area contributed by atoms with Crippen LogP contribution in [0, 0.1) is 11.3 Å². The second-order valence-electron chi connectivity index (χ2n) is 7.83. The number of phenols is 1. The van der Waals surface area contributed by atoms with Crippen LogP contribution in [0.3, 0.4) is 0 Å². The van der Waals surface area contributed by atoms with E-state index >= 15 is 0 Å². The molecule has 2 aliphatic rings. The molecule has 1 aromatic rings. The molecule has 3 unspecified atom stereocenters. The molecule has 0 spiro atoms. The highest BCUT2D eigenvalue weighted by Gasteiger charge is 2.53. The van der Waals surface area contributed by atoms with Gasteiger partial charge in [-0.1, -0.05) is 32.9 Å². The molecule has 2 N–H and O–H groups in total. The fourth-order valence-corrected chi connectivity index (χ4v) is 4.83. The molecule has 3 atom stereocenters. The van der Waals surface area contributed by atoms with Gasteiger partial charge in [0.1, 0.15) is 5.75 Å². The maximum absolute atomic E-state index is 12.4. The Morgan fingerprint density at radius 2 is 2.00 bits per heavy atom. The quantitative estimate of drug-likeness (QED) is 0.879. The lowest BCUT2D eigenvalue weighted by molar-refractivity contribution is -0.132. The number of hydrogen-bond acceptors (Lipinski definition) is 3. The van der Waals surface area contributed by atoms with E-state index in [0.717, 1.165) is 18.4 Å². The highest BCUT2D eigenvalue weighted by Crippen LogP contribution is 2.54. The van der Waals surface area contributed by atoms with Crippen molar-refractivity contribution in [1.82, 2.24) is 0 Å². The molecule has 3 rings (SSSR count). The van der Waals surface area contributed by atoms with Crippen LogP contribution >= 0.6 is 0 Å². The third kappa shape index (κ3) is 2.09. The van der Waals surface area contributed by atoms with Crippen LogP contribution in [-0.4, -0.2) is 22.6 Å². The molecule has 0 heterocycles. The molecule has 23 heavy (non-hydrogen) atoms. The molecule has 1 aromatic carbocycles. The summed E-state index contributed by atoms with van der Waals surface area (Å²) < 4.78 is 0. The van der Waals surface area contributed by atoms with Crippen LogP contribution in [-0.2, 0) is 16.6 Å². The van der Waals surface area contributed by atoms with Crippen LogP contribution in [0.2, 0.25) is 0 Å². The zero-order chi connectivity index (χ0) is 17.0. The Morgan fingerprint density at radius 1 is 1.30 bits per heavy atom. The van der Waals surface area contributed by atoms with Gasteiger partial charge in [-0.05, 0) is 60.4 Å². The lowest BCUT2D eigenvalue weighted by Gasteiger charge is -2.51. The summed E-state index contributed by atoms with van der Waals surface area (Å²) in [6.07, 6.45) is 5.34. The summed E-state index contributed by atoms with van der Waals surface area (Å²) in [6.45, 7) is 8.12. The Bertz CT molecular complexity index is 688. The topological polar surface area (TPSA) is 57.5 Å². The predicted octanol–water partition coefficient (Wildman–Crippen LogP) is 3.47. The van der Waals surface area contributed by atoms with E-state index in [1.807, 2.05) is 19.1 Å². The van der Waals surface area contributed by atoms with E-state index in [-0.39, 0.29) is 29.6 Å². The molecule has 124 valence electrons. The van der Waals surface area contributed by atoms with Crippen LogP contribution in [0.1, 0.15) is 56.7 Å². The zero-order valence-corrected chi connectivity index (χ0v) is 14.4. The van der Waals surface area contributed by atoms with Gasteiger partial charge in [0.15, 0.2) is 5.78 Å². The predicted molar refractivity (Wildman–Crippen MR) is 90.7 cm³/mol. The molecule has 0 amide bonds. The number of aliphatic hydroxyl groups excluding tert-OH is 1. The molecule has 3 nitrogen and oxygen atoms in total. The van der Waals surface area contributed by atoms with Crippen molar-refractivity contribution in [3.8, 4) is 5.75 Å². The molecule has 0 saturated heterocycles. The minimum absolute atomic E-state index is 0.0220. The van der Waals surface area contributed by atoms with Crippen molar-refractivity contribution in [3.05, 3.63) is 41.0 Å². The van der Waals surface area contributed by atoms with Gasteiger partial charge in [-0.25, -0.2) is 0 Å². The maximum Gasteiger partial charge on any atom is 0.163 e. The number of carbonyl (C=O) groups is 1. The smallest absolute Gasteiger partial charge is 0.163 e. The Kier molecular flexibility index (Phi) is 3.68. The molecule has 3 heteroatoms. The number of ketones is 1. The number of fused-ring (bicyclic) bond motifs is 3. The first kappa shape index (κ1) is 16.3. The number of benzene rings is 1. The van der Waals surface area contributed by atoms with Crippen LogP contribution in [0.15, 0.2) is 24.3 Å². The molecule has 2 aliphatic carbocycles. The molecule has 0 radical (unpaired) electrons. The average molecular weight is 314 g/mol. The number of allylic oxidation sites excluding steroid dienone is 2. The van der Waals surface area contributed by atoms with Crippen LogP contribution in [0.5, 0.6) is 5.75 Å². The normalized spacial score (nSPS) is 32.8. The highest BCUT2D eigenvalue weighted by atomic mass is 16.3. The molecule has 0 fully saturated rings. The second kappa shape index (κ2) is 5.20. The fraction of sp³-hybridized carbons (Fsp3) is 0.550. The van der Waals surface area contributed by atoms with Gasteiger partial charge in [0.2, 0.25) is 0 Å². The Morgan fingerprint density at radius 3 is 2.61 bits per heavy atom. The van der Waals surface area contributed by atoms with Gasteiger partial charge in [0.25, 0.3) is 0 Å². The monoisotopic (exact) mass is 314 g/mol. The third-order valence-corrected chi connectivity index (χ3v) is 6.14. The lowest BCUT2D eigenvalue weighted by Crippen LogP contribution is -2.52. The van der Waals surface area contributed by atoms with Crippen molar-refractivity contribution >= 4 is 5.78 Å². The number of hydrogen-bond donors (Lipinski definition) is 2. The Balaban J connectivity index is 2.24. The summed E-state index contributed by atoms with van der Waals surface area (Å²) in [7, 11) is 0. The molecular formula is C20H26O3. The van der Waals surface area contributed by atoms with Crippen molar-refractivity contribution in [1.29, 1.82) is 0 Å². The molecule has 0 bridgehead atoms. The van der Waals surface area contributed by atoms with Crippen molar-refractivity contribution in [3.63, 3.8) is 0 Å². The van der Waals surface area contributed by atoms with Gasteiger partial charge < -0.3 is 10.2 Å². The Labute approximate surface area is 138 Å². The summed E-state index contributed by atoms with van der Waals surface area (Å²) in [5, 5.41) is 20.2.